The van der Waals surface area contributed by atoms with Gasteiger partial charge in [-0.3, -0.25) is 0 Å². The molecule has 80 valence electrons. The molecular weight excluding hydrogens is 228 g/mol. The number of aromatic nitrogens is 2. The SMILES string of the molecule is CC(Cl)c1nnc(C(F)(F)C(F)F)o1. The van der Waals surface area contributed by atoms with Crippen molar-refractivity contribution in [1.82, 2.24) is 10.2 Å². The average Bonchev–Trinajstić information content (AvgIpc) is 2.51. The lowest BCUT2D eigenvalue weighted by atomic mass is 10.3. The van der Waals surface area contributed by atoms with E-state index in [0.29, 0.717) is 0 Å². The Kier molecular flexibility index (Phi) is 2.98. The summed E-state index contributed by atoms with van der Waals surface area (Å²) in [6.45, 7) is 1.39. The maximum absolute atomic E-state index is 12.6. The van der Waals surface area contributed by atoms with Crippen LogP contribution in [0.5, 0.6) is 0 Å². The molecule has 0 amide bonds. The summed E-state index contributed by atoms with van der Waals surface area (Å²) in [4.78, 5) is 0. The van der Waals surface area contributed by atoms with Gasteiger partial charge in [0, 0.05) is 0 Å². The fraction of sp³-hybridized carbons (Fsp3) is 0.667. The molecule has 0 saturated heterocycles. The van der Waals surface area contributed by atoms with E-state index < -0.39 is 23.6 Å². The standard InChI is InChI=1S/C6H5ClF4N2O/c1-2(7)3-12-13-5(14-3)6(10,11)4(8)9/h2,4H,1H3. The predicted molar refractivity (Wildman–Crippen MR) is 38.5 cm³/mol. The van der Waals surface area contributed by atoms with Crippen LogP contribution in [0.1, 0.15) is 24.1 Å². The van der Waals surface area contributed by atoms with Crippen LogP contribution in [-0.2, 0) is 5.92 Å². The molecule has 0 N–H and O–H groups in total. The first-order chi connectivity index (χ1) is 6.35. The summed E-state index contributed by atoms with van der Waals surface area (Å²) in [5.74, 6) is -6.17. The monoisotopic (exact) mass is 232 g/mol. The Labute approximate surface area is 81.1 Å². The molecule has 1 aromatic heterocycles. The van der Waals surface area contributed by atoms with E-state index in [2.05, 4.69) is 14.6 Å². The number of halogens is 5. The van der Waals surface area contributed by atoms with E-state index in [9.17, 15) is 17.6 Å². The topological polar surface area (TPSA) is 38.9 Å². The fourth-order valence-corrected chi connectivity index (χ4v) is 0.712. The van der Waals surface area contributed by atoms with E-state index in [1.54, 1.807) is 0 Å². The number of hydrogen-bond donors (Lipinski definition) is 0. The van der Waals surface area contributed by atoms with Crippen LogP contribution in [-0.4, -0.2) is 16.6 Å². The van der Waals surface area contributed by atoms with Gasteiger partial charge in [0.05, 0.1) is 0 Å². The molecule has 0 bridgehead atoms. The maximum Gasteiger partial charge on any atom is 0.382 e. The lowest BCUT2D eigenvalue weighted by molar-refractivity contribution is -0.151. The molecule has 1 heterocycles. The molecule has 0 fully saturated rings. The third kappa shape index (κ3) is 1.97. The summed E-state index contributed by atoms with van der Waals surface area (Å²) in [6, 6.07) is 0. The molecule has 0 radical (unpaired) electrons. The first kappa shape index (κ1) is 11.2. The maximum atomic E-state index is 12.6. The van der Waals surface area contributed by atoms with Crippen LogP contribution in [0.15, 0.2) is 4.42 Å². The summed E-state index contributed by atoms with van der Waals surface area (Å²) >= 11 is 5.42. The molecule has 14 heavy (non-hydrogen) atoms. The van der Waals surface area contributed by atoms with E-state index in [1.165, 1.54) is 6.92 Å². The molecule has 1 unspecified atom stereocenters. The van der Waals surface area contributed by atoms with Crippen molar-refractivity contribution in [3.05, 3.63) is 11.8 Å². The number of alkyl halides is 5. The van der Waals surface area contributed by atoms with Gasteiger partial charge in [-0.1, -0.05) is 0 Å². The minimum absolute atomic E-state index is 0.318. The summed E-state index contributed by atoms with van der Waals surface area (Å²) in [7, 11) is 0. The molecule has 1 aromatic rings. The van der Waals surface area contributed by atoms with Crippen LogP contribution in [0.3, 0.4) is 0 Å². The van der Waals surface area contributed by atoms with Gasteiger partial charge in [0.1, 0.15) is 5.38 Å². The fourth-order valence-electron chi connectivity index (χ4n) is 0.623. The molecule has 0 saturated carbocycles. The Morgan fingerprint density at radius 1 is 1.36 bits per heavy atom. The summed E-state index contributed by atoms with van der Waals surface area (Å²) < 4.78 is 53.0. The van der Waals surface area contributed by atoms with Gasteiger partial charge in [-0.2, -0.15) is 8.78 Å². The van der Waals surface area contributed by atoms with E-state index >= 15 is 0 Å². The molecule has 0 aliphatic carbocycles. The second kappa shape index (κ2) is 3.72. The minimum atomic E-state index is -4.43. The first-order valence-electron chi connectivity index (χ1n) is 3.49. The third-order valence-corrected chi connectivity index (χ3v) is 1.53. The molecule has 0 aliphatic rings. The molecular formula is C6H5ClF4N2O. The quantitative estimate of drug-likeness (QED) is 0.594. The second-order valence-corrected chi connectivity index (χ2v) is 3.14. The van der Waals surface area contributed by atoms with Crippen molar-refractivity contribution < 1.29 is 22.0 Å². The third-order valence-electron chi connectivity index (χ3n) is 1.34. The van der Waals surface area contributed by atoms with Crippen molar-refractivity contribution in [2.75, 3.05) is 0 Å². The first-order valence-corrected chi connectivity index (χ1v) is 3.93. The number of hydrogen-bond acceptors (Lipinski definition) is 3. The van der Waals surface area contributed by atoms with Gasteiger partial charge < -0.3 is 4.42 Å². The Hall–Kier alpha value is -0.850. The highest BCUT2D eigenvalue weighted by molar-refractivity contribution is 6.20. The zero-order valence-corrected chi connectivity index (χ0v) is 7.60. The van der Waals surface area contributed by atoms with Gasteiger partial charge in [-0.05, 0) is 6.92 Å². The molecule has 3 nitrogen and oxygen atoms in total. The van der Waals surface area contributed by atoms with E-state index in [4.69, 9.17) is 11.6 Å². The van der Waals surface area contributed by atoms with Crippen molar-refractivity contribution >= 4 is 11.6 Å². The van der Waals surface area contributed by atoms with Crippen molar-refractivity contribution in [3.8, 4) is 0 Å². The van der Waals surface area contributed by atoms with Crippen LogP contribution < -0.4 is 0 Å². The zero-order chi connectivity index (χ0) is 10.9. The van der Waals surface area contributed by atoms with Crippen LogP contribution >= 0.6 is 11.6 Å². The summed E-state index contributed by atoms with van der Waals surface area (Å²) in [6.07, 6.45) is -3.89. The smallest absolute Gasteiger partial charge is 0.382 e. The van der Waals surface area contributed by atoms with E-state index in [1.807, 2.05) is 0 Å². The highest BCUT2D eigenvalue weighted by Crippen LogP contribution is 2.34. The molecule has 0 spiro atoms. The Balaban J connectivity index is 2.97. The van der Waals surface area contributed by atoms with Gasteiger partial charge in [-0.25, -0.2) is 8.78 Å². The summed E-state index contributed by atoms with van der Waals surface area (Å²) in [5.41, 5.74) is 0. The average molecular weight is 233 g/mol. The van der Waals surface area contributed by atoms with Crippen molar-refractivity contribution in [2.24, 2.45) is 0 Å². The second-order valence-electron chi connectivity index (χ2n) is 2.49. The lowest BCUT2D eigenvalue weighted by Gasteiger charge is -2.09. The highest BCUT2D eigenvalue weighted by atomic mass is 35.5. The number of nitrogens with zero attached hydrogens (tertiary/aromatic N) is 2. The zero-order valence-electron chi connectivity index (χ0n) is 6.85. The van der Waals surface area contributed by atoms with Crippen LogP contribution in [0.4, 0.5) is 17.6 Å². The van der Waals surface area contributed by atoms with Crippen molar-refractivity contribution in [1.29, 1.82) is 0 Å². The molecule has 8 heteroatoms. The van der Waals surface area contributed by atoms with Gasteiger partial charge in [0.2, 0.25) is 5.89 Å². The van der Waals surface area contributed by atoms with Crippen LogP contribution in [0.2, 0.25) is 0 Å². The normalized spacial score (nSPS) is 14.8. The predicted octanol–water partition coefficient (Wildman–Crippen LogP) is 2.73. The lowest BCUT2D eigenvalue weighted by Crippen LogP contribution is -2.23. The minimum Gasteiger partial charge on any atom is -0.418 e. The molecule has 0 aliphatic heterocycles. The number of rotatable bonds is 3. The van der Waals surface area contributed by atoms with Gasteiger partial charge in [0.25, 0.3) is 5.89 Å². The van der Waals surface area contributed by atoms with Crippen LogP contribution in [0, 0.1) is 0 Å². The van der Waals surface area contributed by atoms with Gasteiger partial charge in [0.15, 0.2) is 0 Å². The Morgan fingerprint density at radius 2 is 1.93 bits per heavy atom. The van der Waals surface area contributed by atoms with Crippen molar-refractivity contribution in [2.45, 2.75) is 24.6 Å². The molecule has 1 rings (SSSR count). The van der Waals surface area contributed by atoms with E-state index in [-0.39, 0.29) is 5.89 Å². The van der Waals surface area contributed by atoms with Crippen LogP contribution in [0.25, 0.3) is 0 Å². The summed E-state index contributed by atoms with van der Waals surface area (Å²) in [5, 5.41) is 5.10. The highest BCUT2D eigenvalue weighted by Gasteiger charge is 2.48. The van der Waals surface area contributed by atoms with E-state index in [0.717, 1.165) is 0 Å². The largest absolute Gasteiger partial charge is 0.418 e. The van der Waals surface area contributed by atoms with Gasteiger partial charge >= 0.3 is 12.3 Å². The van der Waals surface area contributed by atoms with Crippen molar-refractivity contribution in [3.63, 3.8) is 0 Å². The molecule has 0 aromatic carbocycles. The Bertz CT molecular complexity index is 315. The molecule has 1 atom stereocenters. The van der Waals surface area contributed by atoms with Gasteiger partial charge in [-0.15, -0.1) is 21.8 Å². The Morgan fingerprint density at radius 3 is 2.29 bits per heavy atom.